The van der Waals surface area contributed by atoms with Crippen LogP contribution < -0.4 is 5.32 Å². The summed E-state index contributed by atoms with van der Waals surface area (Å²) in [4.78, 5) is 19.5. The molecule has 19 heavy (non-hydrogen) atoms. The molecule has 0 unspecified atom stereocenters. The molecule has 0 spiro atoms. The molecule has 2 nitrogen and oxygen atoms in total. The van der Waals surface area contributed by atoms with Crippen LogP contribution in [0.5, 0.6) is 0 Å². The second kappa shape index (κ2) is 5.86. The Labute approximate surface area is 121 Å². The van der Waals surface area contributed by atoms with Crippen molar-refractivity contribution in [3.05, 3.63) is 29.8 Å². The van der Waals surface area contributed by atoms with E-state index in [9.17, 15) is 4.79 Å². The first-order valence-electron chi connectivity index (χ1n) is 6.94. The molecule has 0 aromatic heterocycles. The molecule has 3 heteroatoms. The van der Waals surface area contributed by atoms with Crippen molar-refractivity contribution in [2.45, 2.75) is 46.4 Å². The SMILES string of the molecule is C[C@H](c1ccccc1NC(=O)C(C)(C)C)[Sn]([CH3])([CH3])[CH3]. The van der Waals surface area contributed by atoms with Crippen molar-refractivity contribution in [1.29, 1.82) is 0 Å². The van der Waals surface area contributed by atoms with E-state index in [0.717, 1.165) is 5.69 Å². The standard InChI is InChI=1S/C13H18NO.3CH3.Sn/c1-5-10-8-6-7-9-11(10)14-12(15)13(2,3)4;;;;/h5-9H,1-4H3,(H,14,15);3*1H3;. The maximum atomic E-state index is 12.2. The van der Waals surface area contributed by atoms with Crippen molar-refractivity contribution >= 4 is 30.0 Å². The predicted molar refractivity (Wildman–Crippen MR) is 86.3 cm³/mol. The second-order valence-electron chi connectivity index (χ2n) is 7.38. The Morgan fingerprint density at radius 1 is 1.16 bits per heavy atom. The average molecular weight is 368 g/mol. The van der Waals surface area contributed by atoms with Crippen LogP contribution in [0.4, 0.5) is 5.69 Å². The summed E-state index contributed by atoms with van der Waals surface area (Å²) in [5, 5.41) is 3.10. The molecule has 0 aliphatic carbocycles. The second-order valence-corrected chi connectivity index (χ2v) is 23.4. The number of benzene rings is 1. The summed E-state index contributed by atoms with van der Waals surface area (Å²) < 4.78 is 0.589. The fourth-order valence-corrected chi connectivity index (χ4v) is 5.15. The fraction of sp³-hybridized carbons (Fsp3) is 0.562. The quantitative estimate of drug-likeness (QED) is 0.774. The Morgan fingerprint density at radius 2 is 1.68 bits per heavy atom. The Kier molecular flexibility index (Phi) is 5.10. The molecule has 0 saturated heterocycles. The van der Waals surface area contributed by atoms with Crippen LogP contribution in [0.2, 0.25) is 14.8 Å². The first kappa shape index (κ1) is 16.5. The molecule has 0 saturated carbocycles. The normalized spacial score (nSPS) is 14.1. The van der Waals surface area contributed by atoms with Crippen molar-refractivity contribution in [3.63, 3.8) is 0 Å². The van der Waals surface area contributed by atoms with Gasteiger partial charge in [0.25, 0.3) is 0 Å². The number of nitrogens with one attached hydrogen (secondary N) is 1. The van der Waals surface area contributed by atoms with Gasteiger partial charge in [-0.3, -0.25) is 0 Å². The van der Waals surface area contributed by atoms with Crippen LogP contribution in [0, 0.1) is 5.41 Å². The van der Waals surface area contributed by atoms with Crippen molar-refractivity contribution in [2.24, 2.45) is 5.41 Å². The summed E-state index contributed by atoms with van der Waals surface area (Å²) in [5.74, 6) is 0.0799. The van der Waals surface area contributed by atoms with Gasteiger partial charge in [-0.15, -0.1) is 0 Å². The van der Waals surface area contributed by atoms with Gasteiger partial charge in [-0.1, -0.05) is 0 Å². The number of amides is 1. The van der Waals surface area contributed by atoms with E-state index in [2.05, 4.69) is 39.2 Å². The minimum atomic E-state index is -2.02. The fourth-order valence-electron chi connectivity index (χ4n) is 1.76. The number of carbonyl (C=O) groups excluding carboxylic acids is 1. The summed E-state index contributed by atoms with van der Waals surface area (Å²) in [5.41, 5.74) is 1.92. The molecule has 0 fully saturated rings. The van der Waals surface area contributed by atoms with Gasteiger partial charge in [0.1, 0.15) is 0 Å². The average Bonchev–Trinajstić information content (AvgIpc) is 2.26. The van der Waals surface area contributed by atoms with E-state index >= 15 is 0 Å². The Bertz CT molecular complexity index is 455. The number of anilines is 1. The summed E-state index contributed by atoms with van der Waals surface area (Å²) in [6.07, 6.45) is 0. The van der Waals surface area contributed by atoms with Crippen molar-refractivity contribution in [1.82, 2.24) is 0 Å². The third kappa shape index (κ3) is 4.51. The summed E-state index contributed by atoms with van der Waals surface area (Å²) in [7, 11) is 0. The number of carbonyl (C=O) groups is 1. The first-order valence-corrected chi connectivity index (χ1v) is 17.1. The van der Waals surface area contributed by atoms with Gasteiger partial charge >= 0.3 is 122 Å². The third-order valence-corrected chi connectivity index (χ3v) is 12.0. The van der Waals surface area contributed by atoms with Crippen LogP contribution in [0.25, 0.3) is 0 Å². The maximum absolute atomic E-state index is 12.2. The molecule has 1 amide bonds. The molecule has 1 rings (SSSR count). The molecular weight excluding hydrogens is 341 g/mol. The van der Waals surface area contributed by atoms with E-state index in [1.165, 1.54) is 5.56 Å². The molecule has 1 N–H and O–H groups in total. The zero-order chi connectivity index (χ0) is 14.8. The Hall–Kier alpha value is -0.511. The van der Waals surface area contributed by atoms with Gasteiger partial charge in [-0.05, 0) is 0 Å². The number of para-hydroxylation sites is 1. The molecule has 1 aromatic rings. The Morgan fingerprint density at radius 3 is 2.16 bits per heavy atom. The third-order valence-electron chi connectivity index (χ3n) is 3.66. The minimum absolute atomic E-state index is 0.0799. The van der Waals surface area contributed by atoms with E-state index in [1.54, 1.807) is 0 Å². The van der Waals surface area contributed by atoms with Crippen molar-refractivity contribution in [2.75, 3.05) is 5.32 Å². The predicted octanol–water partition coefficient (Wildman–Crippen LogP) is 4.65. The molecule has 1 atom stereocenters. The van der Waals surface area contributed by atoms with E-state index in [1.807, 2.05) is 32.9 Å². The zero-order valence-corrected chi connectivity index (χ0v) is 16.1. The van der Waals surface area contributed by atoms with Crippen molar-refractivity contribution in [3.8, 4) is 0 Å². The van der Waals surface area contributed by atoms with Gasteiger partial charge in [-0.25, -0.2) is 0 Å². The molecule has 0 heterocycles. The van der Waals surface area contributed by atoms with E-state index in [0.29, 0.717) is 3.93 Å². The van der Waals surface area contributed by atoms with Crippen molar-refractivity contribution < 1.29 is 4.79 Å². The molecule has 1 aromatic carbocycles. The van der Waals surface area contributed by atoms with Crippen LogP contribution in [0.3, 0.4) is 0 Å². The molecular formula is C16H27NOSn. The van der Waals surface area contributed by atoms with E-state index in [-0.39, 0.29) is 11.3 Å². The number of hydrogen-bond donors (Lipinski definition) is 1. The molecule has 106 valence electrons. The van der Waals surface area contributed by atoms with Crippen LogP contribution in [0.15, 0.2) is 24.3 Å². The van der Waals surface area contributed by atoms with Crippen LogP contribution in [-0.4, -0.2) is 24.3 Å². The van der Waals surface area contributed by atoms with Crippen LogP contribution >= 0.6 is 0 Å². The first-order chi connectivity index (χ1) is 8.53. The van der Waals surface area contributed by atoms with E-state index < -0.39 is 18.4 Å². The van der Waals surface area contributed by atoms with Gasteiger partial charge in [0.15, 0.2) is 0 Å². The molecule has 0 aliphatic heterocycles. The van der Waals surface area contributed by atoms with Crippen LogP contribution in [-0.2, 0) is 4.79 Å². The van der Waals surface area contributed by atoms with Gasteiger partial charge in [-0.2, -0.15) is 0 Å². The van der Waals surface area contributed by atoms with E-state index in [4.69, 9.17) is 0 Å². The number of rotatable bonds is 3. The topological polar surface area (TPSA) is 29.1 Å². The molecule has 0 aliphatic rings. The zero-order valence-electron chi connectivity index (χ0n) is 13.3. The summed E-state index contributed by atoms with van der Waals surface area (Å²) in [6.45, 7) is 8.13. The number of hydrogen-bond acceptors (Lipinski definition) is 1. The molecule has 0 radical (unpaired) electrons. The van der Waals surface area contributed by atoms with Gasteiger partial charge < -0.3 is 0 Å². The van der Waals surface area contributed by atoms with Gasteiger partial charge in [0.05, 0.1) is 0 Å². The summed E-state index contributed by atoms with van der Waals surface area (Å²) >= 11 is -2.02. The van der Waals surface area contributed by atoms with Crippen LogP contribution in [0.1, 0.15) is 37.2 Å². The van der Waals surface area contributed by atoms with Gasteiger partial charge in [0.2, 0.25) is 0 Å². The molecule has 0 bridgehead atoms. The summed E-state index contributed by atoms with van der Waals surface area (Å²) in [6, 6.07) is 8.24. The Balaban J connectivity index is 3.07. The van der Waals surface area contributed by atoms with Gasteiger partial charge in [0, 0.05) is 0 Å². The monoisotopic (exact) mass is 369 g/mol.